The van der Waals surface area contributed by atoms with Crippen LogP contribution in [0.4, 0.5) is 13.2 Å². The van der Waals surface area contributed by atoms with E-state index in [9.17, 15) is 18.0 Å². The number of hydrogen-bond donors (Lipinski definition) is 0. The molecule has 4 heteroatoms. The normalized spacial score (nSPS) is 10.4. The van der Waals surface area contributed by atoms with E-state index in [1.54, 1.807) is 0 Å². The standard InChI is InChI=1S/C14H9F3O/c15-10-6-4-9(5-7-10)8-13(18)14-11(16)2-1-3-12(14)17/h1-7H,8H2. The van der Waals surface area contributed by atoms with Gasteiger partial charge in [-0.15, -0.1) is 0 Å². The summed E-state index contributed by atoms with van der Waals surface area (Å²) >= 11 is 0. The largest absolute Gasteiger partial charge is 0.294 e. The lowest BCUT2D eigenvalue weighted by Gasteiger charge is -2.04. The van der Waals surface area contributed by atoms with Gasteiger partial charge in [-0.2, -0.15) is 0 Å². The van der Waals surface area contributed by atoms with E-state index in [2.05, 4.69) is 0 Å². The van der Waals surface area contributed by atoms with Crippen molar-refractivity contribution in [2.45, 2.75) is 6.42 Å². The fraction of sp³-hybridized carbons (Fsp3) is 0.0714. The molecule has 0 N–H and O–H groups in total. The third kappa shape index (κ3) is 2.59. The Morgan fingerprint density at radius 3 is 2.00 bits per heavy atom. The minimum Gasteiger partial charge on any atom is -0.294 e. The topological polar surface area (TPSA) is 17.1 Å². The van der Waals surface area contributed by atoms with Gasteiger partial charge in [0.25, 0.3) is 0 Å². The van der Waals surface area contributed by atoms with Crippen molar-refractivity contribution < 1.29 is 18.0 Å². The number of rotatable bonds is 3. The first-order chi connectivity index (χ1) is 8.58. The molecule has 18 heavy (non-hydrogen) atoms. The summed E-state index contributed by atoms with van der Waals surface area (Å²) in [7, 11) is 0. The highest BCUT2D eigenvalue weighted by Gasteiger charge is 2.17. The van der Waals surface area contributed by atoms with E-state index in [0.717, 1.165) is 12.1 Å². The van der Waals surface area contributed by atoms with Crippen LogP contribution in [-0.2, 0) is 6.42 Å². The number of Topliss-reactive ketones (excluding diaryl/α,β-unsaturated/α-hetero) is 1. The van der Waals surface area contributed by atoms with Crippen molar-refractivity contribution >= 4 is 5.78 Å². The molecule has 0 aliphatic rings. The summed E-state index contributed by atoms with van der Waals surface area (Å²) in [5.41, 5.74) is -0.0501. The molecular weight excluding hydrogens is 241 g/mol. The second-order valence-electron chi connectivity index (χ2n) is 3.82. The molecule has 0 amide bonds. The monoisotopic (exact) mass is 250 g/mol. The molecule has 0 fully saturated rings. The van der Waals surface area contributed by atoms with Gasteiger partial charge in [0, 0.05) is 6.42 Å². The number of ketones is 1. The molecule has 0 unspecified atom stereocenters. The van der Waals surface area contributed by atoms with Crippen LogP contribution in [0.5, 0.6) is 0 Å². The van der Waals surface area contributed by atoms with Crippen molar-refractivity contribution in [1.82, 2.24) is 0 Å². The highest BCUT2D eigenvalue weighted by molar-refractivity contribution is 5.98. The Morgan fingerprint density at radius 1 is 0.889 bits per heavy atom. The van der Waals surface area contributed by atoms with Gasteiger partial charge in [0.15, 0.2) is 5.78 Å². The Morgan fingerprint density at radius 2 is 1.44 bits per heavy atom. The summed E-state index contributed by atoms with van der Waals surface area (Å²) < 4.78 is 39.4. The highest BCUT2D eigenvalue weighted by atomic mass is 19.1. The molecule has 2 rings (SSSR count). The lowest BCUT2D eigenvalue weighted by molar-refractivity contribution is 0.0985. The molecule has 0 aromatic heterocycles. The molecule has 92 valence electrons. The molecule has 0 atom stereocenters. The first-order valence-corrected chi connectivity index (χ1v) is 5.29. The summed E-state index contributed by atoms with van der Waals surface area (Å²) in [5, 5.41) is 0. The summed E-state index contributed by atoms with van der Waals surface area (Å²) in [6.07, 6.45) is -0.169. The van der Waals surface area contributed by atoms with E-state index >= 15 is 0 Å². The van der Waals surface area contributed by atoms with Gasteiger partial charge in [-0.25, -0.2) is 13.2 Å². The SMILES string of the molecule is O=C(Cc1ccc(F)cc1)c1c(F)cccc1F. The van der Waals surface area contributed by atoms with Crippen LogP contribution >= 0.6 is 0 Å². The van der Waals surface area contributed by atoms with Crippen LogP contribution in [0.2, 0.25) is 0 Å². The number of benzene rings is 2. The first-order valence-electron chi connectivity index (χ1n) is 5.29. The zero-order valence-electron chi connectivity index (χ0n) is 9.29. The molecule has 2 aromatic carbocycles. The molecule has 0 saturated carbocycles. The van der Waals surface area contributed by atoms with E-state index in [-0.39, 0.29) is 6.42 Å². The first kappa shape index (κ1) is 12.4. The van der Waals surface area contributed by atoms with Crippen LogP contribution in [0, 0.1) is 17.5 Å². The number of halogens is 3. The van der Waals surface area contributed by atoms with Gasteiger partial charge in [-0.05, 0) is 29.8 Å². The summed E-state index contributed by atoms with van der Waals surface area (Å²) in [4.78, 5) is 11.8. The maximum absolute atomic E-state index is 13.3. The summed E-state index contributed by atoms with van der Waals surface area (Å²) in [5.74, 6) is -2.87. The maximum Gasteiger partial charge on any atom is 0.173 e. The molecular formula is C14H9F3O. The molecule has 0 aliphatic carbocycles. The zero-order valence-corrected chi connectivity index (χ0v) is 9.29. The van der Waals surface area contributed by atoms with Crippen LogP contribution in [-0.4, -0.2) is 5.78 Å². The van der Waals surface area contributed by atoms with Crippen LogP contribution in [0.15, 0.2) is 42.5 Å². The predicted octanol–water partition coefficient (Wildman–Crippen LogP) is 3.53. The average molecular weight is 250 g/mol. The molecule has 0 saturated heterocycles. The third-order valence-corrected chi connectivity index (χ3v) is 2.52. The Kier molecular flexibility index (Phi) is 3.46. The summed E-state index contributed by atoms with van der Waals surface area (Å²) in [6.45, 7) is 0. The third-order valence-electron chi connectivity index (χ3n) is 2.52. The second-order valence-corrected chi connectivity index (χ2v) is 3.82. The fourth-order valence-electron chi connectivity index (χ4n) is 1.64. The second kappa shape index (κ2) is 5.04. The van der Waals surface area contributed by atoms with Gasteiger partial charge >= 0.3 is 0 Å². The number of carbonyl (C=O) groups excluding carboxylic acids is 1. The Balaban J connectivity index is 2.25. The molecule has 0 bridgehead atoms. The fourth-order valence-corrected chi connectivity index (χ4v) is 1.64. The van der Waals surface area contributed by atoms with Crippen LogP contribution in [0.1, 0.15) is 15.9 Å². The maximum atomic E-state index is 13.3. The lowest BCUT2D eigenvalue weighted by Crippen LogP contribution is -2.09. The molecule has 0 aliphatic heterocycles. The van der Waals surface area contributed by atoms with E-state index in [1.807, 2.05) is 0 Å². The van der Waals surface area contributed by atoms with Crippen molar-refractivity contribution in [3.8, 4) is 0 Å². The van der Waals surface area contributed by atoms with Gasteiger partial charge in [-0.1, -0.05) is 18.2 Å². The van der Waals surface area contributed by atoms with Gasteiger partial charge in [0.05, 0.1) is 5.56 Å². The van der Waals surface area contributed by atoms with Gasteiger partial charge in [-0.3, -0.25) is 4.79 Å². The smallest absolute Gasteiger partial charge is 0.173 e. The average Bonchev–Trinajstić information content (AvgIpc) is 2.32. The van der Waals surface area contributed by atoms with Crippen LogP contribution < -0.4 is 0 Å². The summed E-state index contributed by atoms with van der Waals surface area (Å²) in [6, 6.07) is 8.46. The minimum absolute atomic E-state index is 0.169. The van der Waals surface area contributed by atoms with Crippen molar-refractivity contribution in [3.05, 3.63) is 71.0 Å². The quantitative estimate of drug-likeness (QED) is 0.761. The van der Waals surface area contributed by atoms with Crippen molar-refractivity contribution in [2.75, 3.05) is 0 Å². The Hall–Kier alpha value is -2.10. The molecule has 2 aromatic rings. The molecule has 1 nitrogen and oxygen atoms in total. The predicted molar refractivity (Wildman–Crippen MR) is 60.8 cm³/mol. The number of carbonyl (C=O) groups is 1. The highest BCUT2D eigenvalue weighted by Crippen LogP contribution is 2.15. The minimum atomic E-state index is -0.887. The van der Waals surface area contributed by atoms with Crippen molar-refractivity contribution in [3.63, 3.8) is 0 Å². The lowest BCUT2D eigenvalue weighted by atomic mass is 10.0. The van der Waals surface area contributed by atoms with Gasteiger partial charge < -0.3 is 0 Å². The Bertz CT molecular complexity index is 556. The van der Waals surface area contributed by atoms with Crippen molar-refractivity contribution in [2.24, 2.45) is 0 Å². The molecule has 0 heterocycles. The number of hydrogen-bond acceptors (Lipinski definition) is 1. The molecule has 0 spiro atoms. The van der Waals surface area contributed by atoms with E-state index in [4.69, 9.17) is 0 Å². The van der Waals surface area contributed by atoms with Crippen LogP contribution in [0.25, 0.3) is 0 Å². The van der Waals surface area contributed by atoms with Gasteiger partial charge in [0.2, 0.25) is 0 Å². The van der Waals surface area contributed by atoms with Crippen molar-refractivity contribution in [1.29, 1.82) is 0 Å². The van der Waals surface area contributed by atoms with Crippen LogP contribution in [0.3, 0.4) is 0 Å². The van der Waals surface area contributed by atoms with E-state index in [1.165, 1.54) is 30.3 Å². The van der Waals surface area contributed by atoms with E-state index < -0.39 is 28.8 Å². The van der Waals surface area contributed by atoms with E-state index in [0.29, 0.717) is 5.56 Å². The van der Waals surface area contributed by atoms with Gasteiger partial charge in [0.1, 0.15) is 17.5 Å². The Labute approximate surface area is 102 Å². The molecule has 0 radical (unpaired) electrons. The zero-order chi connectivity index (χ0) is 13.1.